The minimum atomic E-state index is -0.603. The minimum Gasteiger partial charge on any atom is -0.498 e. The summed E-state index contributed by atoms with van der Waals surface area (Å²) in [6, 6.07) is 0.280. The molecule has 2 heterocycles. The molecule has 1 aliphatic heterocycles. The molecule has 2 atom stereocenters. The number of anilines is 1. The maximum Gasteiger partial charge on any atom is 0.134 e. The van der Waals surface area contributed by atoms with Crippen molar-refractivity contribution < 1.29 is 14.9 Å². The van der Waals surface area contributed by atoms with Crippen LogP contribution in [0, 0.1) is 0 Å². The minimum absolute atomic E-state index is 0.0264. The van der Waals surface area contributed by atoms with Gasteiger partial charge in [0.25, 0.3) is 0 Å². The fourth-order valence-corrected chi connectivity index (χ4v) is 3.60. The highest BCUT2D eigenvalue weighted by molar-refractivity contribution is 7.98. The molecule has 4 N–H and O–H groups in total. The topological polar surface area (TPSA) is 112 Å². The summed E-state index contributed by atoms with van der Waals surface area (Å²) in [7, 11) is 0. The molecule has 9 heteroatoms. The maximum absolute atomic E-state index is 10.1. The molecule has 0 spiro atoms. The molecule has 0 aliphatic carbocycles. The van der Waals surface area contributed by atoms with Gasteiger partial charge < -0.3 is 25.6 Å². The van der Waals surface area contributed by atoms with Gasteiger partial charge in [-0.15, -0.1) is 0 Å². The van der Waals surface area contributed by atoms with Gasteiger partial charge in [0.1, 0.15) is 29.9 Å². The van der Waals surface area contributed by atoms with Crippen molar-refractivity contribution in [2.24, 2.45) is 4.40 Å². The first-order valence-corrected chi connectivity index (χ1v) is 11.3. The number of fused-ring (bicyclic) bond motifs is 1. The average molecular weight is 448 g/mol. The van der Waals surface area contributed by atoms with Crippen molar-refractivity contribution in [3.8, 4) is 0 Å². The number of aliphatic hydroxyl groups is 2. The van der Waals surface area contributed by atoms with E-state index in [9.17, 15) is 5.11 Å². The largest absolute Gasteiger partial charge is 0.498 e. The molecular formula is C22H33N5O3S. The Morgan fingerprint density at radius 1 is 1.39 bits per heavy atom. The number of aliphatic hydroxyl groups excluding tert-OH is 2. The van der Waals surface area contributed by atoms with Crippen molar-refractivity contribution in [2.75, 3.05) is 31.6 Å². The Bertz CT molecular complexity index is 782. The van der Waals surface area contributed by atoms with Crippen LogP contribution in [0.5, 0.6) is 0 Å². The quantitative estimate of drug-likeness (QED) is 0.149. The first-order valence-electron chi connectivity index (χ1n) is 10.6. The third-order valence-electron chi connectivity index (χ3n) is 4.67. The van der Waals surface area contributed by atoms with Gasteiger partial charge in [0.15, 0.2) is 0 Å². The van der Waals surface area contributed by atoms with Crippen LogP contribution in [0.15, 0.2) is 51.9 Å². The van der Waals surface area contributed by atoms with Crippen molar-refractivity contribution in [2.45, 2.75) is 50.3 Å². The highest BCUT2D eigenvalue weighted by Gasteiger charge is 2.15. The van der Waals surface area contributed by atoms with Crippen LogP contribution in [0.2, 0.25) is 0 Å². The third-order valence-corrected chi connectivity index (χ3v) is 5.45. The Morgan fingerprint density at radius 2 is 2.26 bits per heavy atom. The van der Waals surface area contributed by atoms with E-state index in [1.54, 1.807) is 18.5 Å². The van der Waals surface area contributed by atoms with Gasteiger partial charge in [-0.1, -0.05) is 25.2 Å². The summed E-state index contributed by atoms with van der Waals surface area (Å²) in [5.74, 6) is 0.867. The molecule has 0 amide bonds. The fourth-order valence-electron chi connectivity index (χ4n) is 2.96. The van der Waals surface area contributed by atoms with Crippen LogP contribution < -0.4 is 10.6 Å². The number of nitrogens with zero attached hydrogens (tertiary/aromatic N) is 3. The summed E-state index contributed by atoms with van der Waals surface area (Å²) in [6.45, 7) is 5.43. The molecule has 170 valence electrons. The van der Waals surface area contributed by atoms with Crippen LogP contribution in [0.4, 0.5) is 5.82 Å². The predicted molar refractivity (Wildman–Crippen MR) is 126 cm³/mol. The van der Waals surface area contributed by atoms with E-state index in [1.165, 1.54) is 18.2 Å². The number of hydrogen-bond donors (Lipinski definition) is 4. The van der Waals surface area contributed by atoms with E-state index in [4.69, 9.17) is 9.84 Å². The molecule has 0 fully saturated rings. The monoisotopic (exact) mass is 447 g/mol. The highest BCUT2D eigenvalue weighted by Crippen LogP contribution is 2.28. The van der Waals surface area contributed by atoms with E-state index in [0.717, 1.165) is 47.8 Å². The van der Waals surface area contributed by atoms with Crippen molar-refractivity contribution in [3.63, 3.8) is 0 Å². The SMILES string of the molecule is C\C=C/C(=C\C=C\OCC(O)CNC(CC)CCNc1ncnc2c1CC=NS2)CO. The first kappa shape index (κ1) is 25.1. The fraction of sp³-hybridized carbons (Fsp3) is 0.500. The smallest absolute Gasteiger partial charge is 0.134 e. The summed E-state index contributed by atoms with van der Waals surface area (Å²) >= 11 is 1.38. The van der Waals surface area contributed by atoms with Gasteiger partial charge in [0.05, 0.1) is 12.9 Å². The molecule has 0 bridgehead atoms. The second-order valence-corrected chi connectivity index (χ2v) is 7.81. The lowest BCUT2D eigenvalue weighted by atomic mass is 10.1. The standard InChI is InChI=1S/C22H33N5O3S/c1-3-6-17(14-28)7-5-12-30-15-19(29)13-24-18(4-2)8-10-23-21-20-9-11-27-31-22(20)26-16-25-21/h3,5-7,11-12,16,18-19,24,28-29H,4,8-10,13-15H2,1-2H3,(H,23,25,26)/b6-3-,12-5+,17-7+. The summed E-state index contributed by atoms with van der Waals surface area (Å²) in [6.07, 6.45) is 14.1. The van der Waals surface area contributed by atoms with E-state index in [0.29, 0.717) is 6.54 Å². The number of aromatic nitrogens is 2. The lowest BCUT2D eigenvalue weighted by molar-refractivity contribution is 0.0811. The van der Waals surface area contributed by atoms with E-state index >= 15 is 0 Å². The lowest BCUT2D eigenvalue weighted by Gasteiger charge is -2.20. The van der Waals surface area contributed by atoms with E-state index < -0.39 is 6.10 Å². The molecule has 1 aliphatic rings. The third kappa shape index (κ3) is 9.22. The lowest BCUT2D eigenvalue weighted by Crippen LogP contribution is -2.38. The van der Waals surface area contributed by atoms with E-state index in [1.807, 2.05) is 25.3 Å². The Labute approximate surface area is 188 Å². The number of ether oxygens (including phenoxy) is 1. The zero-order valence-electron chi connectivity index (χ0n) is 18.2. The number of rotatable bonds is 14. The van der Waals surface area contributed by atoms with Crippen molar-refractivity contribution >= 4 is 24.0 Å². The summed E-state index contributed by atoms with van der Waals surface area (Å²) in [5.41, 5.74) is 1.88. The van der Waals surface area contributed by atoms with Gasteiger partial charge in [0.2, 0.25) is 0 Å². The van der Waals surface area contributed by atoms with Gasteiger partial charge in [-0.05, 0) is 31.4 Å². The van der Waals surface area contributed by atoms with Crippen LogP contribution >= 0.6 is 11.9 Å². The predicted octanol–water partition coefficient (Wildman–Crippen LogP) is 2.67. The van der Waals surface area contributed by atoms with Gasteiger partial charge in [-0.2, -0.15) is 0 Å². The van der Waals surface area contributed by atoms with Gasteiger partial charge >= 0.3 is 0 Å². The van der Waals surface area contributed by atoms with Crippen LogP contribution in [-0.4, -0.2) is 64.8 Å². The number of allylic oxidation sites excluding steroid dienone is 3. The zero-order chi connectivity index (χ0) is 22.3. The van der Waals surface area contributed by atoms with E-state index in [2.05, 4.69) is 31.9 Å². The Hall–Kier alpha value is -2.20. The number of hydrogen-bond acceptors (Lipinski definition) is 9. The molecular weight excluding hydrogens is 414 g/mol. The molecule has 0 saturated heterocycles. The molecule has 1 aromatic rings. The van der Waals surface area contributed by atoms with E-state index in [-0.39, 0.29) is 19.3 Å². The average Bonchev–Trinajstić information content (AvgIpc) is 2.80. The molecule has 0 radical (unpaired) electrons. The van der Waals surface area contributed by atoms with Gasteiger partial charge in [-0.25, -0.2) is 14.4 Å². The molecule has 2 rings (SSSR count). The van der Waals surface area contributed by atoms with Crippen LogP contribution in [0.3, 0.4) is 0 Å². The Balaban J connectivity index is 1.67. The van der Waals surface area contributed by atoms with Gasteiger partial charge in [-0.3, -0.25) is 0 Å². The number of nitrogens with one attached hydrogen (secondary N) is 2. The highest BCUT2D eigenvalue weighted by atomic mass is 32.2. The molecule has 0 aromatic carbocycles. The molecule has 31 heavy (non-hydrogen) atoms. The molecule has 0 saturated carbocycles. The maximum atomic E-state index is 10.1. The summed E-state index contributed by atoms with van der Waals surface area (Å²) in [4.78, 5) is 8.63. The Kier molecular flexibility index (Phi) is 11.9. The summed E-state index contributed by atoms with van der Waals surface area (Å²) < 4.78 is 9.55. The van der Waals surface area contributed by atoms with Crippen molar-refractivity contribution in [1.29, 1.82) is 0 Å². The second kappa shape index (κ2) is 14.7. The zero-order valence-corrected chi connectivity index (χ0v) is 19.0. The van der Waals surface area contributed by atoms with Crippen LogP contribution in [0.1, 0.15) is 32.3 Å². The van der Waals surface area contributed by atoms with Crippen LogP contribution in [0.25, 0.3) is 0 Å². The Morgan fingerprint density at radius 3 is 3.03 bits per heavy atom. The van der Waals surface area contributed by atoms with Crippen molar-refractivity contribution in [1.82, 2.24) is 15.3 Å². The normalized spacial score (nSPS) is 15.9. The van der Waals surface area contributed by atoms with Crippen LogP contribution in [-0.2, 0) is 11.2 Å². The summed E-state index contributed by atoms with van der Waals surface area (Å²) in [5, 5.41) is 27.0. The van der Waals surface area contributed by atoms with Crippen molar-refractivity contribution in [3.05, 3.63) is 48.0 Å². The van der Waals surface area contributed by atoms with Gasteiger partial charge in [0, 0.05) is 49.3 Å². The molecule has 1 aromatic heterocycles. The molecule has 2 unspecified atom stereocenters. The second-order valence-electron chi connectivity index (χ2n) is 7.03. The molecule has 8 nitrogen and oxygen atoms in total. The first-order chi connectivity index (χ1) is 15.2.